The van der Waals surface area contributed by atoms with Gasteiger partial charge in [0, 0.05) is 43.4 Å². The Bertz CT molecular complexity index is 437. The van der Waals surface area contributed by atoms with Crippen LogP contribution in [0.25, 0.3) is 0 Å². The summed E-state index contributed by atoms with van der Waals surface area (Å²) in [5.41, 5.74) is 0.582. The minimum atomic E-state index is -0.617. The molecule has 0 aliphatic carbocycles. The topological polar surface area (TPSA) is 39.6 Å². The Morgan fingerprint density at radius 2 is 1.95 bits per heavy atom. The van der Waals surface area contributed by atoms with Crippen molar-refractivity contribution in [2.75, 3.05) is 37.6 Å². The van der Waals surface area contributed by atoms with Crippen LogP contribution in [0, 0.1) is 6.92 Å². The summed E-state index contributed by atoms with van der Waals surface area (Å²) in [6, 6.07) is 2.10. The molecule has 0 aromatic carbocycles. The number of aryl methyl sites for hydroxylation is 1. The quantitative estimate of drug-likeness (QED) is 0.922. The Morgan fingerprint density at radius 1 is 1.32 bits per heavy atom. The molecule has 0 atom stereocenters. The number of aromatic nitrogens is 1. The first-order chi connectivity index (χ1) is 8.85. The van der Waals surface area contributed by atoms with Gasteiger partial charge in [-0.15, -0.1) is 0 Å². The van der Waals surface area contributed by atoms with Crippen molar-refractivity contribution in [3.05, 3.63) is 22.3 Å². The van der Waals surface area contributed by atoms with Crippen LogP contribution in [-0.2, 0) is 0 Å². The van der Waals surface area contributed by atoms with Crippen molar-refractivity contribution in [1.82, 2.24) is 9.88 Å². The molecular weight excluding hydrogens is 306 g/mol. The van der Waals surface area contributed by atoms with Gasteiger partial charge in [0.1, 0.15) is 5.82 Å². The van der Waals surface area contributed by atoms with E-state index in [2.05, 4.69) is 43.7 Å². The van der Waals surface area contributed by atoms with Crippen molar-refractivity contribution in [3.63, 3.8) is 0 Å². The largest absolute Gasteiger partial charge is 0.389 e. The first kappa shape index (κ1) is 14.8. The van der Waals surface area contributed by atoms with Gasteiger partial charge in [0.25, 0.3) is 0 Å². The van der Waals surface area contributed by atoms with Crippen molar-refractivity contribution < 1.29 is 5.11 Å². The number of β-amino-alcohol motifs (C(OH)–C–C–N with tert-alkyl or cyclic N) is 1. The van der Waals surface area contributed by atoms with E-state index in [9.17, 15) is 5.11 Å². The highest BCUT2D eigenvalue weighted by Gasteiger charge is 2.23. The fourth-order valence-electron chi connectivity index (χ4n) is 2.53. The van der Waals surface area contributed by atoms with Gasteiger partial charge in [0.15, 0.2) is 0 Å². The van der Waals surface area contributed by atoms with E-state index in [4.69, 9.17) is 0 Å². The third-order valence-corrected chi connectivity index (χ3v) is 3.73. The number of hydrogen-bond donors (Lipinski definition) is 1. The lowest BCUT2D eigenvalue weighted by molar-refractivity contribution is 0.0344. The summed E-state index contributed by atoms with van der Waals surface area (Å²) in [6.07, 6.45) is 1.85. The van der Waals surface area contributed by atoms with Crippen molar-refractivity contribution >= 4 is 21.7 Å². The lowest BCUT2D eigenvalue weighted by atomic mass is 10.1. The van der Waals surface area contributed by atoms with E-state index in [-0.39, 0.29) is 0 Å². The molecule has 1 saturated heterocycles. The van der Waals surface area contributed by atoms with Crippen molar-refractivity contribution in [2.45, 2.75) is 26.4 Å². The normalized spacial score (nSPS) is 17.8. The maximum absolute atomic E-state index is 9.85. The van der Waals surface area contributed by atoms with Gasteiger partial charge in [0.2, 0.25) is 0 Å². The molecule has 19 heavy (non-hydrogen) atoms. The van der Waals surface area contributed by atoms with E-state index in [1.54, 1.807) is 0 Å². The number of pyridine rings is 1. The molecular formula is C14H22BrN3O. The fraction of sp³-hybridized carbons (Fsp3) is 0.643. The van der Waals surface area contributed by atoms with Crippen LogP contribution in [0.5, 0.6) is 0 Å². The molecule has 5 heteroatoms. The highest BCUT2D eigenvalue weighted by atomic mass is 79.9. The number of rotatable bonds is 3. The monoisotopic (exact) mass is 327 g/mol. The second-order valence-corrected chi connectivity index (χ2v) is 6.79. The van der Waals surface area contributed by atoms with Crippen molar-refractivity contribution in [1.29, 1.82) is 0 Å². The van der Waals surface area contributed by atoms with Crippen LogP contribution in [0.4, 0.5) is 5.82 Å². The molecule has 0 bridgehead atoms. The Kier molecular flexibility index (Phi) is 4.48. The standard InChI is InChI=1S/C14H22BrN3O/c1-11-8-12(15)9-16-13(11)18-6-4-17(5-7-18)10-14(2,3)19/h8-9,19H,4-7,10H2,1-3H3. The molecule has 0 spiro atoms. The number of hydrogen-bond acceptors (Lipinski definition) is 4. The number of nitrogens with zero attached hydrogens (tertiary/aromatic N) is 3. The van der Waals surface area contributed by atoms with Crippen LogP contribution in [0.15, 0.2) is 16.7 Å². The molecule has 4 nitrogen and oxygen atoms in total. The molecule has 1 aromatic heterocycles. The van der Waals surface area contributed by atoms with Gasteiger partial charge >= 0.3 is 0 Å². The minimum Gasteiger partial charge on any atom is -0.389 e. The summed E-state index contributed by atoms with van der Waals surface area (Å²) in [6.45, 7) is 10.4. The summed E-state index contributed by atoms with van der Waals surface area (Å²) in [5, 5.41) is 9.85. The Morgan fingerprint density at radius 3 is 2.47 bits per heavy atom. The van der Waals surface area contributed by atoms with Crippen LogP contribution >= 0.6 is 15.9 Å². The third kappa shape index (κ3) is 4.16. The number of aliphatic hydroxyl groups is 1. The van der Waals surface area contributed by atoms with Gasteiger partial charge in [-0.05, 0) is 48.3 Å². The summed E-state index contributed by atoms with van der Waals surface area (Å²) >= 11 is 3.45. The highest BCUT2D eigenvalue weighted by molar-refractivity contribution is 9.10. The first-order valence-corrected chi connectivity index (χ1v) is 7.46. The number of piperazine rings is 1. The average molecular weight is 328 g/mol. The zero-order valence-corrected chi connectivity index (χ0v) is 13.4. The lowest BCUT2D eigenvalue weighted by Crippen LogP contribution is -2.50. The molecule has 2 rings (SSSR count). The van der Waals surface area contributed by atoms with Crippen LogP contribution in [-0.4, -0.2) is 53.3 Å². The van der Waals surface area contributed by atoms with E-state index in [0.29, 0.717) is 0 Å². The van der Waals surface area contributed by atoms with E-state index in [1.165, 1.54) is 5.56 Å². The SMILES string of the molecule is Cc1cc(Br)cnc1N1CCN(CC(C)(C)O)CC1. The lowest BCUT2D eigenvalue weighted by Gasteiger charge is -2.38. The minimum absolute atomic E-state index is 0.617. The molecule has 0 saturated carbocycles. The smallest absolute Gasteiger partial charge is 0.131 e. The summed E-state index contributed by atoms with van der Waals surface area (Å²) in [5.74, 6) is 1.08. The molecule has 1 aliphatic rings. The van der Waals surface area contributed by atoms with Gasteiger partial charge < -0.3 is 10.0 Å². The second kappa shape index (κ2) is 5.77. The molecule has 0 amide bonds. The maximum Gasteiger partial charge on any atom is 0.131 e. The molecule has 1 aliphatic heterocycles. The van der Waals surface area contributed by atoms with E-state index < -0.39 is 5.60 Å². The predicted octanol–water partition coefficient (Wildman–Crippen LogP) is 2.05. The molecule has 106 valence electrons. The van der Waals surface area contributed by atoms with Gasteiger partial charge in [-0.1, -0.05) is 0 Å². The van der Waals surface area contributed by atoms with E-state index >= 15 is 0 Å². The molecule has 2 heterocycles. The fourth-order valence-corrected chi connectivity index (χ4v) is 2.98. The predicted molar refractivity (Wildman–Crippen MR) is 81.6 cm³/mol. The summed E-state index contributed by atoms with van der Waals surface area (Å²) in [7, 11) is 0. The zero-order valence-electron chi connectivity index (χ0n) is 11.9. The molecule has 1 aromatic rings. The zero-order chi connectivity index (χ0) is 14.0. The first-order valence-electron chi connectivity index (χ1n) is 6.67. The van der Waals surface area contributed by atoms with E-state index in [1.807, 2.05) is 20.0 Å². The summed E-state index contributed by atoms with van der Waals surface area (Å²) < 4.78 is 1.02. The molecule has 1 N–H and O–H groups in total. The van der Waals surface area contributed by atoms with Gasteiger partial charge in [-0.25, -0.2) is 4.98 Å². The van der Waals surface area contributed by atoms with Crippen LogP contribution < -0.4 is 4.90 Å². The van der Waals surface area contributed by atoms with Crippen LogP contribution in [0.1, 0.15) is 19.4 Å². The molecule has 0 radical (unpaired) electrons. The highest BCUT2D eigenvalue weighted by Crippen LogP contribution is 2.22. The maximum atomic E-state index is 9.85. The van der Waals surface area contributed by atoms with Crippen LogP contribution in [0.3, 0.4) is 0 Å². The molecule has 1 fully saturated rings. The van der Waals surface area contributed by atoms with Gasteiger partial charge in [-0.3, -0.25) is 4.90 Å². The molecule has 0 unspecified atom stereocenters. The van der Waals surface area contributed by atoms with E-state index in [0.717, 1.165) is 43.0 Å². The number of halogens is 1. The van der Waals surface area contributed by atoms with Crippen LogP contribution in [0.2, 0.25) is 0 Å². The summed E-state index contributed by atoms with van der Waals surface area (Å²) in [4.78, 5) is 9.14. The second-order valence-electron chi connectivity index (χ2n) is 5.87. The third-order valence-electron chi connectivity index (χ3n) is 3.30. The Balaban J connectivity index is 1.96. The van der Waals surface area contributed by atoms with Gasteiger partial charge in [-0.2, -0.15) is 0 Å². The number of anilines is 1. The van der Waals surface area contributed by atoms with Crippen molar-refractivity contribution in [2.24, 2.45) is 0 Å². The van der Waals surface area contributed by atoms with Gasteiger partial charge in [0.05, 0.1) is 5.60 Å². The average Bonchev–Trinajstić information content (AvgIpc) is 2.28. The Labute approximate surface area is 123 Å². The Hall–Kier alpha value is -0.650. The van der Waals surface area contributed by atoms with Crippen molar-refractivity contribution in [3.8, 4) is 0 Å².